The average Bonchev–Trinajstić information content (AvgIpc) is 2.97. The number of carbonyl (C=O) groups excluding carboxylic acids is 1. The first-order chi connectivity index (χ1) is 11.0. The van der Waals surface area contributed by atoms with Crippen molar-refractivity contribution in [3.63, 3.8) is 0 Å². The van der Waals surface area contributed by atoms with Crippen molar-refractivity contribution in [3.8, 4) is 11.3 Å². The van der Waals surface area contributed by atoms with Gasteiger partial charge >= 0.3 is 0 Å². The highest BCUT2D eigenvalue weighted by atomic mass is 35.5. The van der Waals surface area contributed by atoms with E-state index in [1.165, 1.54) is 24.3 Å². The normalized spacial score (nSPS) is 10.6. The Kier molecular flexibility index (Phi) is 4.37. The molecule has 0 unspecified atom stereocenters. The number of furan rings is 1. The van der Waals surface area contributed by atoms with E-state index in [1.54, 1.807) is 30.3 Å². The minimum atomic E-state index is -0.480. The van der Waals surface area contributed by atoms with E-state index < -0.39 is 11.7 Å². The van der Waals surface area contributed by atoms with Crippen LogP contribution in [0.25, 0.3) is 11.3 Å². The van der Waals surface area contributed by atoms with E-state index in [1.807, 2.05) is 0 Å². The maximum absolute atomic E-state index is 13.1. The minimum absolute atomic E-state index is 0.0928. The zero-order chi connectivity index (χ0) is 16.4. The number of amides is 1. The standard InChI is InChI=1S/C17H10Cl2FNO2/c18-10-4-5-13(14(19)8-10)15-6-7-16(23-15)17(22)21-12-3-1-2-11(20)9-12/h1-9H,(H,21,22). The van der Waals surface area contributed by atoms with Gasteiger partial charge in [-0.25, -0.2) is 4.39 Å². The first kappa shape index (κ1) is 15.6. The zero-order valence-electron chi connectivity index (χ0n) is 11.6. The topological polar surface area (TPSA) is 42.2 Å². The van der Waals surface area contributed by atoms with Gasteiger partial charge in [-0.3, -0.25) is 4.79 Å². The molecule has 0 aliphatic rings. The third-order valence-corrected chi connectivity index (χ3v) is 3.66. The van der Waals surface area contributed by atoms with Crippen molar-refractivity contribution in [3.05, 3.63) is 76.2 Å². The van der Waals surface area contributed by atoms with Crippen molar-refractivity contribution in [1.29, 1.82) is 0 Å². The molecule has 1 heterocycles. The number of halogens is 3. The summed E-state index contributed by atoms with van der Waals surface area (Å²) in [5.41, 5.74) is 0.971. The van der Waals surface area contributed by atoms with Crippen LogP contribution in [0, 0.1) is 5.82 Å². The van der Waals surface area contributed by atoms with Crippen molar-refractivity contribution < 1.29 is 13.6 Å². The Morgan fingerprint density at radius 2 is 1.87 bits per heavy atom. The molecule has 6 heteroatoms. The molecule has 0 spiro atoms. The van der Waals surface area contributed by atoms with Crippen LogP contribution in [0.5, 0.6) is 0 Å². The second kappa shape index (κ2) is 6.44. The van der Waals surface area contributed by atoms with Gasteiger partial charge in [0.2, 0.25) is 0 Å². The second-order valence-corrected chi connectivity index (χ2v) is 5.60. The van der Waals surface area contributed by atoms with Crippen LogP contribution in [-0.2, 0) is 0 Å². The highest BCUT2D eigenvalue weighted by Crippen LogP contribution is 2.31. The summed E-state index contributed by atoms with van der Waals surface area (Å²) in [7, 11) is 0. The highest BCUT2D eigenvalue weighted by molar-refractivity contribution is 6.36. The first-order valence-electron chi connectivity index (χ1n) is 6.65. The Morgan fingerprint density at radius 3 is 2.61 bits per heavy atom. The number of carbonyl (C=O) groups is 1. The molecule has 2 aromatic carbocycles. The monoisotopic (exact) mass is 349 g/mol. The summed E-state index contributed by atoms with van der Waals surface area (Å²) in [6, 6.07) is 13.7. The molecule has 1 N–H and O–H groups in total. The van der Waals surface area contributed by atoms with Gasteiger partial charge in [0, 0.05) is 16.3 Å². The summed E-state index contributed by atoms with van der Waals surface area (Å²) in [6.07, 6.45) is 0. The van der Waals surface area contributed by atoms with Gasteiger partial charge in [0.05, 0.1) is 5.02 Å². The summed E-state index contributed by atoms with van der Waals surface area (Å²) in [5.74, 6) is -0.380. The predicted octanol–water partition coefficient (Wildman–Crippen LogP) is 5.64. The van der Waals surface area contributed by atoms with Crippen molar-refractivity contribution in [2.45, 2.75) is 0 Å². The highest BCUT2D eigenvalue weighted by Gasteiger charge is 2.14. The molecule has 0 fully saturated rings. The second-order valence-electron chi connectivity index (χ2n) is 4.75. The number of hydrogen-bond donors (Lipinski definition) is 1. The summed E-state index contributed by atoms with van der Waals surface area (Å²) in [6.45, 7) is 0. The SMILES string of the molecule is O=C(Nc1cccc(F)c1)c1ccc(-c2ccc(Cl)cc2Cl)o1. The number of hydrogen-bond acceptors (Lipinski definition) is 2. The van der Waals surface area contributed by atoms with E-state index in [2.05, 4.69) is 5.32 Å². The van der Waals surface area contributed by atoms with Crippen molar-refractivity contribution in [1.82, 2.24) is 0 Å². The fourth-order valence-corrected chi connectivity index (χ4v) is 2.55. The Bertz CT molecular complexity index is 877. The van der Waals surface area contributed by atoms with Crippen molar-refractivity contribution >= 4 is 34.8 Å². The van der Waals surface area contributed by atoms with Gasteiger partial charge in [0.15, 0.2) is 5.76 Å². The van der Waals surface area contributed by atoms with Crippen LogP contribution >= 0.6 is 23.2 Å². The molecule has 3 nitrogen and oxygen atoms in total. The van der Waals surface area contributed by atoms with Gasteiger partial charge in [-0.15, -0.1) is 0 Å². The van der Waals surface area contributed by atoms with E-state index in [-0.39, 0.29) is 5.76 Å². The molecule has 0 aliphatic heterocycles. The van der Waals surface area contributed by atoms with Gasteiger partial charge in [-0.05, 0) is 48.5 Å². The van der Waals surface area contributed by atoms with E-state index >= 15 is 0 Å². The van der Waals surface area contributed by atoms with Crippen LogP contribution in [0.3, 0.4) is 0 Å². The van der Waals surface area contributed by atoms with Crippen molar-refractivity contribution in [2.75, 3.05) is 5.32 Å². The van der Waals surface area contributed by atoms with Crippen LogP contribution in [0.1, 0.15) is 10.6 Å². The lowest BCUT2D eigenvalue weighted by molar-refractivity contribution is 0.0997. The van der Waals surface area contributed by atoms with Crippen LogP contribution in [-0.4, -0.2) is 5.91 Å². The summed E-state index contributed by atoms with van der Waals surface area (Å²) >= 11 is 12.0. The Morgan fingerprint density at radius 1 is 1.04 bits per heavy atom. The third-order valence-electron chi connectivity index (χ3n) is 3.11. The van der Waals surface area contributed by atoms with E-state index in [0.29, 0.717) is 27.1 Å². The molecule has 1 aromatic heterocycles. The summed E-state index contributed by atoms with van der Waals surface area (Å²) < 4.78 is 18.6. The molecule has 0 atom stereocenters. The Balaban J connectivity index is 1.82. The molecule has 0 saturated carbocycles. The van der Waals surface area contributed by atoms with Crippen molar-refractivity contribution in [2.24, 2.45) is 0 Å². The molecule has 3 rings (SSSR count). The molecule has 23 heavy (non-hydrogen) atoms. The smallest absolute Gasteiger partial charge is 0.291 e. The summed E-state index contributed by atoms with van der Waals surface area (Å²) in [5, 5.41) is 3.49. The molecule has 0 aliphatic carbocycles. The first-order valence-corrected chi connectivity index (χ1v) is 7.41. The zero-order valence-corrected chi connectivity index (χ0v) is 13.2. The van der Waals surface area contributed by atoms with Gasteiger partial charge in [0.1, 0.15) is 11.6 Å². The third kappa shape index (κ3) is 3.55. The lowest BCUT2D eigenvalue weighted by atomic mass is 10.2. The largest absolute Gasteiger partial charge is 0.451 e. The average molecular weight is 350 g/mol. The van der Waals surface area contributed by atoms with Gasteiger partial charge < -0.3 is 9.73 Å². The number of benzene rings is 2. The van der Waals surface area contributed by atoms with Gasteiger partial charge in [-0.1, -0.05) is 29.3 Å². The van der Waals surface area contributed by atoms with E-state index in [4.69, 9.17) is 27.6 Å². The maximum atomic E-state index is 13.1. The van der Waals surface area contributed by atoms with Gasteiger partial charge in [0.25, 0.3) is 5.91 Å². The molecule has 1 amide bonds. The quantitative estimate of drug-likeness (QED) is 0.664. The molecule has 3 aromatic rings. The number of rotatable bonds is 3. The molecular formula is C17H10Cl2FNO2. The molecule has 0 saturated heterocycles. The summed E-state index contributed by atoms with van der Waals surface area (Å²) in [4.78, 5) is 12.1. The Hall–Kier alpha value is -2.30. The minimum Gasteiger partial charge on any atom is -0.451 e. The number of nitrogens with one attached hydrogen (secondary N) is 1. The van der Waals surface area contributed by atoms with E-state index in [0.717, 1.165) is 0 Å². The molecule has 116 valence electrons. The molecular weight excluding hydrogens is 340 g/mol. The van der Waals surface area contributed by atoms with Gasteiger partial charge in [-0.2, -0.15) is 0 Å². The van der Waals surface area contributed by atoms with Crippen LogP contribution < -0.4 is 5.32 Å². The number of anilines is 1. The molecule has 0 bridgehead atoms. The maximum Gasteiger partial charge on any atom is 0.291 e. The molecule has 0 radical (unpaired) electrons. The van der Waals surface area contributed by atoms with Crippen LogP contribution in [0.4, 0.5) is 10.1 Å². The van der Waals surface area contributed by atoms with E-state index in [9.17, 15) is 9.18 Å². The Labute approximate surface area is 141 Å². The van der Waals surface area contributed by atoms with Crippen LogP contribution in [0.2, 0.25) is 10.0 Å². The lowest BCUT2D eigenvalue weighted by Gasteiger charge is -2.03. The predicted molar refractivity (Wildman–Crippen MR) is 88.5 cm³/mol. The fourth-order valence-electron chi connectivity index (χ4n) is 2.05. The lowest BCUT2D eigenvalue weighted by Crippen LogP contribution is -2.10. The fraction of sp³-hybridized carbons (Fsp3) is 0. The van der Waals surface area contributed by atoms with Crippen LogP contribution in [0.15, 0.2) is 59.0 Å².